The summed E-state index contributed by atoms with van der Waals surface area (Å²) in [5.74, 6) is 0.946. The second-order valence-electron chi connectivity index (χ2n) is 7.55. The van der Waals surface area contributed by atoms with Crippen molar-refractivity contribution in [2.24, 2.45) is 7.05 Å². The molecule has 0 saturated heterocycles. The Morgan fingerprint density at radius 3 is 2.60 bits per heavy atom. The van der Waals surface area contributed by atoms with Crippen LogP contribution < -0.4 is 0 Å². The number of amides is 1. The fourth-order valence-corrected chi connectivity index (χ4v) is 3.37. The highest BCUT2D eigenvalue weighted by Crippen LogP contribution is 2.30. The summed E-state index contributed by atoms with van der Waals surface area (Å²) in [4.78, 5) is 18.6. The molecule has 0 saturated carbocycles. The van der Waals surface area contributed by atoms with Gasteiger partial charge in [0.05, 0.1) is 6.20 Å². The Balaban J connectivity index is 1.87. The first-order chi connectivity index (χ1) is 11.7. The summed E-state index contributed by atoms with van der Waals surface area (Å²) in [6.07, 6.45) is 2.40. The van der Waals surface area contributed by atoms with Gasteiger partial charge in [0, 0.05) is 25.7 Å². The van der Waals surface area contributed by atoms with E-state index in [9.17, 15) is 4.79 Å². The molecule has 0 atom stereocenters. The van der Waals surface area contributed by atoms with Crippen molar-refractivity contribution in [1.29, 1.82) is 0 Å². The highest BCUT2D eigenvalue weighted by Gasteiger charge is 2.26. The van der Waals surface area contributed by atoms with E-state index in [1.807, 2.05) is 38.6 Å². The third kappa shape index (κ3) is 3.73. The highest BCUT2D eigenvalue weighted by molar-refractivity contribution is 9.10. The molecule has 1 aromatic heterocycles. The molecule has 0 N–H and O–H groups in total. The van der Waals surface area contributed by atoms with Gasteiger partial charge < -0.3 is 14.2 Å². The lowest BCUT2D eigenvalue weighted by molar-refractivity contribution is 0.0224. The first kappa shape index (κ1) is 18.0. The van der Waals surface area contributed by atoms with Crippen molar-refractivity contribution < 1.29 is 9.53 Å². The second kappa shape index (κ2) is 6.48. The van der Waals surface area contributed by atoms with E-state index in [4.69, 9.17) is 4.74 Å². The second-order valence-corrected chi connectivity index (χ2v) is 8.36. The molecule has 1 aromatic carbocycles. The molecule has 1 aliphatic rings. The Morgan fingerprint density at radius 1 is 1.28 bits per heavy atom. The van der Waals surface area contributed by atoms with Crippen molar-refractivity contribution in [1.82, 2.24) is 14.5 Å². The zero-order valence-corrected chi connectivity index (χ0v) is 17.0. The van der Waals surface area contributed by atoms with Crippen LogP contribution in [0.2, 0.25) is 0 Å². The van der Waals surface area contributed by atoms with Gasteiger partial charge in [-0.2, -0.15) is 0 Å². The molecule has 0 bridgehead atoms. The zero-order chi connectivity index (χ0) is 18.4. The van der Waals surface area contributed by atoms with Crippen LogP contribution in [0.5, 0.6) is 0 Å². The predicted molar refractivity (Wildman–Crippen MR) is 101 cm³/mol. The molecule has 2 heterocycles. The minimum Gasteiger partial charge on any atom is -0.444 e. The summed E-state index contributed by atoms with van der Waals surface area (Å²) in [7, 11) is 2.00. The molecule has 2 aromatic rings. The van der Waals surface area contributed by atoms with Gasteiger partial charge in [-0.1, -0.05) is 6.07 Å². The number of nitrogens with zero attached hydrogens (tertiary/aromatic N) is 3. The van der Waals surface area contributed by atoms with E-state index in [2.05, 4.69) is 40.0 Å². The summed E-state index contributed by atoms with van der Waals surface area (Å²) in [5, 5.41) is 0. The van der Waals surface area contributed by atoms with Gasteiger partial charge in [0.15, 0.2) is 0 Å². The van der Waals surface area contributed by atoms with Gasteiger partial charge >= 0.3 is 6.09 Å². The average molecular weight is 406 g/mol. The summed E-state index contributed by atoms with van der Waals surface area (Å²) in [6, 6.07) is 4.38. The maximum atomic E-state index is 12.3. The smallest absolute Gasteiger partial charge is 0.410 e. The minimum absolute atomic E-state index is 0.243. The number of imidazole rings is 1. The molecule has 1 aliphatic heterocycles. The van der Waals surface area contributed by atoms with E-state index < -0.39 is 5.60 Å². The van der Waals surface area contributed by atoms with E-state index >= 15 is 0 Å². The number of hydrogen-bond donors (Lipinski definition) is 0. The molecule has 1 amide bonds. The van der Waals surface area contributed by atoms with E-state index in [0.717, 1.165) is 28.0 Å². The number of carbonyl (C=O) groups is 1. The number of ether oxygens (including phenoxy) is 1. The molecule has 3 rings (SSSR count). The molecule has 134 valence electrons. The molecule has 0 fully saturated rings. The first-order valence-electron chi connectivity index (χ1n) is 8.43. The summed E-state index contributed by atoms with van der Waals surface area (Å²) < 4.78 is 8.49. The lowest BCUT2D eigenvalue weighted by Crippen LogP contribution is -2.39. The maximum absolute atomic E-state index is 12.3. The summed E-state index contributed by atoms with van der Waals surface area (Å²) in [5.41, 5.74) is 4.29. The van der Waals surface area contributed by atoms with Gasteiger partial charge in [-0.25, -0.2) is 9.78 Å². The largest absolute Gasteiger partial charge is 0.444 e. The molecule has 0 radical (unpaired) electrons. The molecule has 0 unspecified atom stereocenters. The quantitative estimate of drug-likeness (QED) is 0.703. The molecule has 5 nitrogen and oxygen atoms in total. The van der Waals surface area contributed by atoms with Crippen LogP contribution in [0.25, 0.3) is 11.4 Å². The van der Waals surface area contributed by atoms with E-state index in [1.54, 1.807) is 4.90 Å². The van der Waals surface area contributed by atoms with Crippen molar-refractivity contribution >= 4 is 22.0 Å². The lowest BCUT2D eigenvalue weighted by Gasteiger charge is -2.31. The monoisotopic (exact) mass is 405 g/mol. The molecular weight excluding hydrogens is 382 g/mol. The predicted octanol–water partition coefficient (Wildman–Crippen LogP) is 4.45. The van der Waals surface area contributed by atoms with E-state index in [0.29, 0.717) is 13.1 Å². The number of hydrogen-bond acceptors (Lipinski definition) is 3. The van der Waals surface area contributed by atoms with Crippen LogP contribution in [0.1, 0.15) is 37.5 Å². The van der Waals surface area contributed by atoms with Crippen LogP contribution in [-0.2, 0) is 24.8 Å². The molecule has 25 heavy (non-hydrogen) atoms. The van der Waals surface area contributed by atoms with Crippen LogP contribution in [0.15, 0.2) is 22.9 Å². The molecule has 6 heteroatoms. The van der Waals surface area contributed by atoms with Crippen LogP contribution in [-0.4, -0.2) is 32.7 Å². The van der Waals surface area contributed by atoms with E-state index in [-0.39, 0.29) is 6.09 Å². The van der Waals surface area contributed by atoms with Gasteiger partial charge in [0.2, 0.25) is 0 Å². The minimum atomic E-state index is -0.470. The number of rotatable bonds is 1. The Hall–Kier alpha value is -1.82. The van der Waals surface area contributed by atoms with Gasteiger partial charge in [-0.15, -0.1) is 0 Å². The Kier molecular flexibility index (Phi) is 4.66. The van der Waals surface area contributed by atoms with Crippen LogP contribution >= 0.6 is 15.9 Å². The van der Waals surface area contributed by atoms with Crippen LogP contribution in [0, 0.1) is 6.92 Å². The third-order valence-electron chi connectivity index (χ3n) is 4.38. The summed E-state index contributed by atoms with van der Waals surface area (Å²) >= 11 is 3.50. The number of aryl methyl sites for hydroxylation is 1. The van der Waals surface area contributed by atoms with Crippen molar-refractivity contribution in [3.8, 4) is 11.4 Å². The van der Waals surface area contributed by atoms with Crippen molar-refractivity contribution in [2.45, 2.75) is 46.3 Å². The maximum Gasteiger partial charge on any atom is 0.410 e. The first-order valence-corrected chi connectivity index (χ1v) is 9.23. The van der Waals surface area contributed by atoms with E-state index in [1.165, 1.54) is 11.1 Å². The van der Waals surface area contributed by atoms with Gasteiger partial charge in [-0.3, -0.25) is 0 Å². The van der Waals surface area contributed by atoms with Crippen molar-refractivity contribution in [2.75, 3.05) is 6.54 Å². The SMILES string of the molecule is Cc1cc2c(cc1-c1ncc(Br)n1C)CCN(C(=O)OC(C)(C)C)C2. The van der Waals surface area contributed by atoms with Gasteiger partial charge in [0.1, 0.15) is 16.0 Å². The zero-order valence-electron chi connectivity index (χ0n) is 15.4. The lowest BCUT2D eigenvalue weighted by atomic mass is 9.94. The van der Waals surface area contributed by atoms with Crippen LogP contribution in [0.4, 0.5) is 4.79 Å². The molecule has 0 aliphatic carbocycles. The van der Waals surface area contributed by atoms with Crippen LogP contribution in [0.3, 0.4) is 0 Å². The fourth-order valence-electron chi connectivity index (χ4n) is 3.09. The third-order valence-corrected chi connectivity index (χ3v) is 5.12. The number of halogens is 1. The van der Waals surface area contributed by atoms with Gasteiger partial charge in [0.25, 0.3) is 0 Å². The molecule has 0 spiro atoms. The number of benzene rings is 1. The van der Waals surface area contributed by atoms with Crippen molar-refractivity contribution in [3.05, 3.63) is 39.6 Å². The highest BCUT2D eigenvalue weighted by atomic mass is 79.9. The fraction of sp³-hybridized carbons (Fsp3) is 0.474. The van der Waals surface area contributed by atoms with Crippen molar-refractivity contribution in [3.63, 3.8) is 0 Å². The normalized spacial score (nSPS) is 14.4. The molecular formula is C19H24BrN3O2. The summed E-state index contributed by atoms with van der Waals surface area (Å²) in [6.45, 7) is 9.04. The standard InChI is InChI=1S/C19H24BrN3O2/c1-12-8-14-11-23(18(24)25-19(2,3)4)7-6-13(14)9-15(12)17-21-10-16(20)22(17)5/h8-10H,6-7,11H2,1-5H3. The Morgan fingerprint density at radius 2 is 2.00 bits per heavy atom. The Labute approximate surface area is 157 Å². The average Bonchev–Trinajstić information content (AvgIpc) is 2.84. The number of carbonyl (C=O) groups excluding carboxylic acids is 1. The van der Waals surface area contributed by atoms with Gasteiger partial charge in [-0.05, 0) is 72.8 Å². The Bertz CT molecular complexity index is 821. The number of fused-ring (bicyclic) bond motifs is 1. The topological polar surface area (TPSA) is 47.4 Å². The number of aromatic nitrogens is 2.